The van der Waals surface area contributed by atoms with Gasteiger partial charge in [-0.05, 0) is 12.8 Å². The van der Waals surface area contributed by atoms with Crippen LogP contribution < -0.4 is 5.32 Å². The highest BCUT2D eigenvalue weighted by Gasteiger charge is 2.38. The van der Waals surface area contributed by atoms with Gasteiger partial charge in [0.15, 0.2) is 0 Å². The summed E-state index contributed by atoms with van der Waals surface area (Å²) in [7, 11) is 0. The highest BCUT2D eigenvalue weighted by atomic mass is 16.5. The van der Waals surface area contributed by atoms with Crippen LogP contribution >= 0.6 is 0 Å². The molecule has 0 aromatic rings. The summed E-state index contributed by atoms with van der Waals surface area (Å²) in [5.74, 6) is 0.0159. The van der Waals surface area contributed by atoms with Gasteiger partial charge in [-0.25, -0.2) is 0 Å². The van der Waals surface area contributed by atoms with Crippen LogP contribution in [0.25, 0.3) is 0 Å². The molecule has 22 heavy (non-hydrogen) atoms. The molecule has 0 saturated carbocycles. The maximum atomic E-state index is 12.2. The lowest BCUT2D eigenvalue weighted by molar-refractivity contribution is -0.129. The largest absolute Gasteiger partial charge is 0.388 e. The minimum Gasteiger partial charge on any atom is -0.388 e. The van der Waals surface area contributed by atoms with Crippen molar-refractivity contribution < 1.29 is 24.1 Å². The summed E-state index contributed by atoms with van der Waals surface area (Å²) >= 11 is 0. The Morgan fingerprint density at radius 2 is 1.82 bits per heavy atom. The minimum absolute atomic E-state index is 0.000701. The Bertz CT molecular complexity index is 369. The lowest BCUT2D eigenvalue weighted by atomic mass is 9.98. The molecule has 3 aliphatic heterocycles. The molecule has 0 radical (unpaired) electrons. The highest BCUT2D eigenvalue weighted by molar-refractivity contribution is 5.79. The summed E-state index contributed by atoms with van der Waals surface area (Å²) in [5.41, 5.74) is 0. The first-order valence-electron chi connectivity index (χ1n) is 8.22. The number of hydrogen-bond acceptors (Lipinski definition) is 6. The number of ether oxygens (including phenoxy) is 3. The maximum absolute atomic E-state index is 12.2. The Hall–Kier alpha value is -0.730. The van der Waals surface area contributed by atoms with Gasteiger partial charge in [0.05, 0.1) is 32.0 Å². The van der Waals surface area contributed by atoms with Crippen molar-refractivity contribution in [3.63, 3.8) is 0 Å². The van der Waals surface area contributed by atoms with E-state index in [-0.39, 0.29) is 24.0 Å². The molecule has 3 heterocycles. The van der Waals surface area contributed by atoms with Crippen LogP contribution in [-0.4, -0.2) is 86.8 Å². The van der Waals surface area contributed by atoms with Crippen molar-refractivity contribution in [2.24, 2.45) is 5.92 Å². The van der Waals surface area contributed by atoms with Crippen molar-refractivity contribution in [1.82, 2.24) is 10.2 Å². The lowest BCUT2D eigenvalue weighted by Gasteiger charge is -2.30. The number of aliphatic hydroxyl groups is 1. The van der Waals surface area contributed by atoms with Gasteiger partial charge in [0.25, 0.3) is 0 Å². The zero-order valence-electron chi connectivity index (χ0n) is 12.9. The van der Waals surface area contributed by atoms with E-state index >= 15 is 0 Å². The van der Waals surface area contributed by atoms with Gasteiger partial charge in [0.2, 0.25) is 5.91 Å². The minimum atomic E-state index is -0.647. The normalized spacial score (nSPS) is 34.7. The quantitative estimate of drug-likeness (QED) is 0.692. The number of carbonyl (C=O) groups excluding carboxylic acids is 1. The van der Waals surface area contributed by atoms with Crippen molar-refractivity contribution in [2.75, 3.05) is 52.7 Å². The number of carbonyl (C=O) groups is 1. The first-order valence-corrected chi connectivity index (χ1v) is 8.22. The molecule has 0 aliphatic carbocycles. The molecule has 3 saturated heterocycles. The van der Waals surface area contributed by atoms with Crippen LogP contribution in [-0.2, 0) is 19.0 Å². The first-order chi connectivity index (χ1) is 10.7. The fraction of sp³-hybridized carbons (Fsp3) is 0.933. The van der Waals surface area contributed by atoms with Gasteiger partial charge >= 0.3 is 0 Å². The molecule has 0 unspecified atom stereocenters. The van der Waals surface area contributed by atoms with Crippen molar-refractivity contribution >= 4 is 5.91 Å². The summed E-state index contributed by atoms with van der Waals surface area (Å²) in [5, 5.41) is 13.4. The van der Waals surface area contributed by atoms with Crippen LogP contribution in [0.1, 0.15) is 12.8 Å². The number of nitrogens with zero attached hydrogens (tertiary/aromatic N) is 1. The number of amides is 1. The van der Waals surface area contributed by atoms with Gasteiger partial charge in [0.1, 0.15) is 6.10 Å². The van der Waals surface area contributed by atoms with Crippen molar-refractivity contribution in [3.8, 4) is 0 Å². The van der Waals surface area contributed by atoms with Crippen LogP contribution in [0.2, 0.25) is 0 Å². The van der Waals surface area contributed by atoms with Crippen molar-refractivity contribution in [2.45, 2.75) is 31.1 Å². The van der Waals surface area contributed by atoms with E-state index in [9.17, 15) is 9.90 Å². The number of rotatable bonds is 4. The molecule has 3 aliphatic rings. The van der Waals surface area contributed by atoms with E-state index < -0.39 is 6.10 Å². The SMILES string of the molecule is O=C(N[C@H]1CO[C@@H](CN2CCOCC2)[C@@H]1O)C1CCOCC1. The lowest BCUT2D eigenvalue weighted by Crippen LogP contribution is -2.49. The predicted molar refractivity (Wildman–Crippen MR) is 78.5 cm³/mol. The average Bonchev–Trinajstić information content (AvgIpc) is 2.90. The van der Waals surface area contributed by atoms with E-state index in [1.165, 1.54) is 0 Å². The Labute approximate surface area is 130 Å². The molecule has 2 N–H and O–H groups in total. The van der Waals surface area contributed by atoms with E-state index in [0.29, 0.717) is 26.4 Å². The van der Waals surface area contributed by atoms with Gasteiger partial charge < -0.3 is 24.6 Å². The summed E-state index contributed by atoms with van der Waals surface area (Å²) in [4.78, 5) is 14.5. The van der Waals surface area contributed by atoms with Gasteiger partial charge in [-0.3, -0.25) is 9.69 Å². The van der Waals surface area contributed by atoms with Gasteiger partial charge in [-0.15, -0.1) is 0 Å². The summed E-state index contributed by atoms with van der Waals surface area (Å²) in [6.07, 6.45) is 0.629. The smallest absolute Gasteiger partial charge is 0.223 e. The van der Waals surface area contributed by atoms with Crippen LogP contribution in [0.4, 0.5) is 0 Å². The Balaban J connectivity index is 1.45. The van der Waals surface area contributed by atoms with Gasteiger partial charge in [0, 0.05) is 38.8 Å². The van der Waals surface area contributed by atoms with Crippen molar-refractivity contribution in [1.29, 1.82) is 0 Å². The second-order valence-corrected chi connectivity index (χ2v) is 6.28. The van der Waals surface area contributed by atoms with Gasteiger partial charge in [-0.2, -0.15) is 0 Å². The Kier molecular flexibility index (Phi) is 5.65. The van der Waals surface area contributed by atoms with E-state index in [1.54, 1.807) is 0 Å². The van der Waals surface area contributed by atoms with Crippen LogP contribution in [0, 0.1) is 5.92 Å². The third-order valence-electron chi connectivity index (χ3n) is 4.74. The third-order valence-corrected chi connectivity index (χ3v) is 4.74. The maximum Gasteiger partial charge on any atom is 0.223 e. The molecule has 3 rings (SSSR count). The topological polar surface area (TPSA) is 80.3 Å². The monoisotopic (exact) mass is 314 g/mol. The number of morpholine rings is 1. The van der Waals surface area contributed by atoms with E-state index in [2.05, 4.69) is 10.2 Å². The third kappa shape index (κ3) is 3.97. The van der Waals surface area contributed by atoms with Crippen LogP contribution in [0.3, 0.4) is 0 Å². The Morgan fingerprint density at radius 1 is 1.14 bits per heavy atom. The standard InChI is InChI=1S/C15H26N2O5/c18-14-12(16-15(19)11-1-5-20-6-2-11)10-22-13(14)9-17-3-7-21-8-4-17/h11-14,18H,1-10H2,(H,16,19)/t12-,13-,14+/m0/s1. The molecule has 1 amide bonds. The number of aliphatic hydroxyl groups excluding tert-OH is 1. The molecule has 126 valence electrons. The van der Waals surface area contributed by atoms with Gasteiger partial charge in [-0.1, -0.05) is 0 Å². The molecule has 0 bridgehead atoms. The second-order valence-electron chi connectivity index (χ2n) is 6.28. The molecule has 7 nitrogen and oxygen atoms in total. The zero-order valence-corrected chi connectivity index (χ0v) is 12.9. The predicted octanol–water partition coefficient (Wildman–Crippen LogP) is -1.01. The molecular formula is C15H26N2O5. The van der Waals surface area contributed by atoms with E-state index in [0.717, 1.165) is 39.1 Å². The average molecular weight is 314 g/mol. The second kappa shape index (κ2) is 7.70. The Morgan fingerprint density at radius 3 is 2.55 bits per heavy atom. The summed E-state index contributed by atoms with van der Waals surface area (Å²) in [6, 6.07) is -0.304. The van der Waals surface area contributed by atoms with Crippen molar-refractivity contribution in [3.05, 3.63) is 0 Å². The molecule has 0 aromatic heterocycles. The molecule has 0 spiro atoms. The van der Waals surface area contributed by atoms with E-state index in [4.69, 9.17) is 14.2 Å². The van der Waals surface area contributed by atoms with E-state index in [1.807, 2.05) is 0 Å². The molecular weight excluding hydrogens is 288 g/mol. The molecule has 3 atom stereocenters. The fourth-order valence-electron chi connectivity index (χ4n) is 3.27. The first kappa shape index (κ1) is 16.1. The molecule has 0 aromatic carbocycles. The fourth-order valence-corrected chi connectivity index (χ4v) is 3.27. The zero-order chi connectivity index (χ0) is 15.4. The summed E-state index contributed by atoms with van der Waals surface area (Å²) in [6.45, 7) is 5.54. The number of hydrogen-bond donors (Lipinski definition) is 2. The number of nitrogens with one attached hydrogen (secondary N) is 1. The van der Waals surface area contributed by atoms with Crippen LogP contribution in [0.15, 0.2) is 0 Å². The highest BCUT2D eigenvalue weighted by Crippen LogP contribution is 2.19. The summed E-state index contributed by atoms with van der Waals surface area (Å²) < 4.78 is 16.3. The molecule has 7 heteroatoms. The van der Waals surface area contributed by atoms with Crippen LogP contribution in [0.5, 0.6) is 0 Å². The molecule has 3 fully saturated rings.